The van der Waals surface area contributed by atoms with E-state index in [0.717, 1.165) is 0 Å². The molecule has 2 atom stereocenters. The van der Waals surface area contributed by atoms with Gasteiger partial charge in [0.1, 0.15) is 0 Å². The van der Waals surface area contributed by atoms with Crippen molar-refractivity contribution in [3.63, 3.8) is 0 Å². The number of nitrogens with one attached hydrogen (secondary N) is 1. The second-order valence-corrected chi connectivity index (χ2v) is 3.23. The summed E-state index contributed by atoms with van der Waals surface area (Å²) in [5.41, 5.74) is 0. The lowest BCUT2D eigenvalue weighted by Gasteiger charge is -2.11. The van der Waals surface area contributed by atoms with Crippen LogP contribution in [0, 0.1) is 0 Å². The van der Waals surface area contributed by atoms with Gasteiger partial charge in [-0.15, -0.1) is 0 Å². The molecule has 2 unspecified atom stereocenters. The Balaban J connectivity index is 3.84. The highest BCUT2D eigenvalue weighted by atomic mass is 79.9. The predicted molar refractivity (Wildman–Crippen MR) is 42.0 cm³/mol. The summed E-state index contributed by atoms with van der Waals surface area (Å²) < 4.78 is 35.3. The Hall–Kier alpha value is -0.260. The number of carbonyl (C=O) groups excluding carboxylic acids is 1. The van der Waals surface area contributed by atoms with Gasteiger partial charge in [-0.3, -0.25) is 4.79 Å². The van der Waals surface area contributed by atoms with Gasteiger partial charge in [-0.1, -0.05) is 22.9 Å². The molecule has 2 nitrogen and oxygen atoms in total. The summed E-state index contributed by atoms with van der Waals surface area (Å²) in [4.78, 5) is 10.1. The number of amides is 1. The van der Waals surface area contributed by atoms with Crippen LogP contribution in [0.2, 0.25) is 0 Å². The highest BCUT2D eigenvalue weighted by Crippen LogP contribution is 2.07. The standard InChI is InChI=1S/C6H9BrF3NO/c1-2-3(7)6(12)11-5(10)4(8)9/h3-5H,2H2,1H3,(H,11,12). The third kappa shape index (κ3) is 3.94. The van der Waals surface area contributed by atoms with E-state index in [9.17, 15) is 18.0 Å². The third-order valence-corrected chi connectivity index (χ3v) is 2.21. The molecule has 0 spiro atoms. The van der Waals surface area contributed by atoms with Crippen LogP contribution in [0.5, 0.6) is 0 Å². The van der Waals surface area contributed by atoms with E-state index in [4.69, 9.17) is 0 Å². The highest BCUT2D eigenvalue weighted by Gasteiger charge is 2.23. The summed E-state index contributed by atoms with van der Waals surface area (Å²) >= 11 is 2.90. The van der Waals surface area contributed by atoms with E-state index in [1.54, 1.807) is 6.92 Å². The van der Waals surface area contributed by atoms with E-state index in [2.05, 4.69) is 15.9 Å². The largest absolute Gasteiger partial charge is 0.321 e. The van der Waals surface area contributed by atoms with Crippen LogP contribution in [0.25, 0.3) is 0 Å². The molecule has 0 saturated heterocycles. The van der Waals surface area contributed by atoms with Crippen LogP contribution in [-0.4, -0.2) is 23.5 Å². The Morgan fingerprint density at radius 1 is 1.50 bits per heavy atom. The van der Waals surface area contributed by atoms with Crippen molar-refractivity contribution in [1.29, 1.82) is 0 Å². The van der Waals surface area contributed by atoms with Gasteiger partial charge < -0.3 is 5.32 Å². The van der Waals surface area contributed by atoms with Crippen molar-refractivity contribution < 1.29 is 18.0 Å². The van der Waals surface area contributed by atoms with E-state index in [1.807, 2.05) is 0 Å². The molecule has 0 rings (SSSR count). The van der Waals surface area contributed by atoms with E-state index in [1.165, 1.54) is 5.32 Å². The van der Waals surface area contributed by atoms with Crippen molar-refractivity contribution in [3.05, 3.63) is 0 Å². The molecule has 6 heteroatoms. The quantitative estimate of drug-likeness (QED) is 0.596. The molecule has 0 aliphatic heterocycles. The lowest BCUT2D eigenvalue weighted by atomic mass is 10.3. The van der Waals surface area contributed by atoms with Crippen molar-refractivity contribution in [2.75, 3.05) is 0 Å². The fraction of sp³-hybridized carbons (Fsp3) is 0.833. The maximum atomic E-state index is 12.2. The molecule has 0 fully saturated rings. The Labute approximate surface area is 76.6 Å². The van der Waals surface area contributed by atoms with Gasteiger partial charge in [0.25, 0.3) is 6.43 Å². The molecule has 1 amide bonds. The maximum absolute atomic E-state index is 12.2. The zero-order valence-electron chi connectivity index (χ0n) is 6.36. The molecule has 0 aliphatic rings. The van der Waals surface area contributed by atoms with Gasteiger partial charge in [-0.25, -0.2) is 13.2 Å². The molecule has 0 bridgehead atoms. The molecule has 1 N–H and O–H groups in total. The fourth-order valence-corrected chi connectivity index (χ4v) is 0.607. The second kappa shape index (κ2) is 5.40. The number of alkyl halides is 4. The minimum absolute atomic E-state index is 0.418. The molecule has 12 heavy (non-hydrogen) atoms. The Kier molecular flexibility index (Phi) is 5.28. The van der Waals surface area contributed by atoms with Crippen LogP contribution >= 0.6 is 15.9 Å². The zero-order chi connectivity index (χ0) is 9.72. The highest BCUT2D eigenvalue weighted by molar-refractivity contribution is 9.10. The lowest BCUT2D eigenvalue weighted by molar-refractivity contribution is -0.124. The summed E-state index contributed by atoms with van der Waals surface area (Å²) in [6, 6.07) is 0. The van der Waals surface area contributed by atoms with Crippen LogP contribution in [0.1, 0.15) is 13.3 Å². The van der Waals surface area contributed by atoms with E-state index in [-0.39, 0.29) is 0 Å². The SMILES string of the molecule is CCC(Br)C(=O)NC(F)C(F)F. The van der Waals surface area contributed by atoms with Gasteiger partial charge >= 0.3 is 0 Å². The van der Waals surface area contributed by atoms with E-state index in [0.29, 0.717) is 6.42 Å². The molecule has 0 radical (unpaired) electrons. The van der Waals surface area contributed by atoms with Gasteiger partial charge in [0.15, 0.2) is 0 Å². The van der Waals surface area contributed by atoms with Gasteiger partial charge in [-0.2, -0.15) is 0 Å². The first-order chi connectivity index (χ1) is 5.49. The first-order valence-electron chi connectivity index (χ1n) is 3.35. The molecule has 0 aromatic heterocycles. The summed E-state index contributed by atoms with van der Waals surface area (Å²) in [6.45, 7) is 1.68. The smallest absolute Gasteiger partial charge is 0.287 e. The molecule has 0 heterocycles. The first-order valence-corrected chi connectivity index (χ1v) is 4.27. The summed E-state index contributed by atoms with van der Waals surface area (Å²) in [5.74, 6) is -0.759. The van der Waals surface area contributed by atoms with Crippen molar-refractivity contribution in [2.45, 2.75) is 30.9 Å². The van der Waals surface area contributed by atoms with Crippen molar-refractivity contribution in [3.8, 4) is 0 Å². The van der Waals surface area contributed by atoms with Crippen molar-refractivity contribution >= 4 is 21.8 Å². The van der Waals surface area contributed by atoms with E-state index < -0.39 is 23.5 Å². The van der Waals surface area contributed by atoms with Crippen LogP contribution in [0.15, 0.2) is 0 Å². The van der Waals surface area contributed by atoms with E-state index >= 15 is 0 Å². The molecule has 0 aromatic rings. The molecule has 72 valence electrons. The third-order valence-electron chi connectivity index (χ3n) is 1.14. The summed E-state index contributed by atoms with van der Waals surface area (Å²) in [6.07, 6.45) is -5.34. The molecular weight excluding hydrogens is 239 g/mol. The lowest BCUT2D eigenvalue weighted by Crippen LogP contribution is -2.40. The number of halogens is 4. The summed E-state index contributed by atoms with van der Waals surface area (Å²) in [5, 5.41) is 1.53. The van der Waals surface area contributed by atoms with Crippen LogP contribution < -0.4 is 5.32 Å². The van der Waals surface area contributed by atoms with Crippen LogP contribution in [-0.2, 0) is 4.79 Å². The first kappa shape index (κ1) is 11.7. The number of carbonyl (C=O) groups is 1. The van der Waals surface area contributed by atoms with Crippen LogP contribution in [0.4, 0.5) is 13.2 Å². The Morgan fingerprint density at radius 3 is 2.33 bits per heavy atom. The number of rotatable bonds is 4. The average Bonchev–Trinajstić information content (AvgIpc) is 2.02. The minimum atomic E-state index is -3.18. The zero-order valence-corrected chi connectivity index (χ0v) is 7.95. The van der Waals surface area contributed by atoms with Crippen molar-refractivity contribution in [2.24, 2.45) is 0 Å². The molecule has 0 aliphatic carbocycles. The summed E-state index contributed by atoms with van der Waals surface area (Å²) in [7, 11) is 0. The molecule has 0 aromatic carbocycles. The normalized spacial score (nSPS) is 15.8. The maximum Gasteiger partial charge on any atom is 0.287 e. The molecule has 0 saturated carbocycles. The van der Waals surface area contributed by atoms with Crippen molar-refractivity contribution in [1.82, 2.24) is 5.32 Å². The Bertz CT molecular complexity index is 156. The Morgan fingerprint density at radius 2 is 2.00 bits per heavy atom. The van der Waals surface area contributed by atoms with Gasteiger partial charge in [0.05, 0.1) is 4.83 Å². The topological polar surface area (TPSA) is 29.1 Å². The van der Waals surface area contributed by atoms with Crippen LogP contribution in [0.3, 0.4) is 0 Å². The fourth-order valence-electron chi connectivity index (χ4n) is 0.475. The van der Waals surface area contributed by atoms with Gasteiger partial charge in [0.2, 0.25) is 12.2 Å². The number of hydrogen-bond donors (Lipinski definition) is 1. The predicted octanol–water partition coefficient (Wildman–Crippen LogP) is 1.84. The number of hydrogen-bond acceptors (Lipinski definition) is 1. The minimum Gasteiger partial charge on any atom is -0.321 e. The molecular formula is C6H9BrF3NO. The second-order valence-electron chi connectivity index (χ2n) is 2.12. The van der Waals surface area contributed by atoms with Gasteiger partial charge in [0, 0.05) is 0 Å². The van der Waals surface area contributed by atoms with Gasteiger partial charge in [-0.05, 0) is 6.42 Å². The monoisotopic (exact) mass is 247 g/mol. The average molecular weight is 248 g/mol.